The lowest BCUT2D eigenvalue weighted by molar-refractivity contribution is -0.121. The second-order valence-electron chi connectivity index (χ2n) is 4.77. The van der Waals surface area contributed by atoms with Crippen molar-refractivity contribution in [2.24, 2.45) is 5.73 Å². The van der Waals surface area contributed by atoms with E-state index in [9.17, 15) is 4.79 Å². The molecule has 2 aromatic heterocycles. The maximum Gasteiger partial charge on any atom is 0.220 e. The van der Waals surface area contributed by atoms with E-state index in [0.717, 1.165) is 43.7 Å². The zero-order chi connectivity index (χ0) is 14.2. The van der Waals surface area contributed by atoms with Crippen molar-refractivity contribution in [2.75, 3.05) is 6.54 Å². The van der Waals surface area contributed by atoms with Crippen molar-refractivity contribution in [1.29, 1.82) is 0 Å². The number of amides is 1. The molecule has 108 valence electrons. The SMILES string of the molecule is NCCCCCCC(=O)NCc1nnc2ccccn12. The summed E-state index contributed by atoms with van der Waals surface area (Å²) in [4.78, 5) is 11.7. The van der Waals surface area contributed by atoms with Gasteiger partial charge in [0.05, 0.1) is 6.54 Å². The molecule has 2 heterocycles. The summed E-state index contributed by atoms with van der Waals surface area (Å²) in [5.41, 5.74) is 6.21. The zero-order valence-corrected chi connectivity index (χ0v) is 11.6. The molecule has 0 atom stereocenters. The van der Waals surface area contributed by atoms with Crippen LogP contribution in [0.4, 0.5) is 0 Å². The van der Waals surface area contributed by atoms with E-state index in [2.05, 4.69) is 15.5 Å². The number of nitrogens with two attached hydrogens (primary N) is 1. The Morgan fingerprint density at radius 3 is 2.90 bits per heavy atom. The first-order chi connectivity index (χ1) is 9.81. The first-order valence-corrected chi connectivity index (χ1v) is 7.06. The van der Waals surface area contributed by atoms with Crippen LogP contribution in [0.15, 0.2) is 24.4 Å². The molecule has 2 aromatic rings. The molecule has 6 nitrogen and oxygen atoms in total. The standard InChI is InChI=1S/C14H21N5O/c15-9-5-2-1-3-8-14(20)16-11-13-18-17-12-7-4-6-10-19(12)13/h4,6-7,10H,1-3,5,8-9,11,15H2,(H,16,20). The lowest BCUT2D eigenvalue weighted by atomic mass is 10.1. The Morgan fingerprint density at radius 2 is 2.05 bits per heavy atom. The van der Waals surface area contributed by atoms with Crippen molar-refractivity contribution >= 4 is 11.6 Å². The van der Waals surface area contributed by atoms with Crippen molar-refractivity contribution in [2.45, 2.75) is 38.6 Å². The van der Waals surface area contributed by atoms with Gasteiger partial charge in [0.15, 0.2) is 11.5 Å². The molecule has 0 unspecified atom stereocenters. The second-order valence-corrected chi connectivity index (χ2v) is 4.77. The van der Waals surface area contributed by atoms with E-state index >= 15 is 0 Å². The molecule has 0 aromatic carbocycles. The third kappa shape index (κ3) is 4.03. The molecule has 0 spiro atoms. The predicted octanol–water partition coefficient (Wildman–Crippen LogP) is 1.25. The van der Waals surface area contributed by atoms with Gasteiger partial charge in [-0.3, -0.25) is 9.20 Å². The highest BCUT2D eigenvalue weighted by molar-refractivity contribution is 5.75. The van der Waals surface area contributed by atoms with E-state index in [0.29, 0.717) is 13.0 Å². The number of carbonyl (C=O) groups excluding carboxylic acids is 1. The quantitative estimate of drug-likeness (QED) is 0.710. The number of unbranched alkanes of at least 4 members (excludes halogenated alkanes) is 3. The fraction of sp³-hybridized carbons (Fsp3) is 0.500. The van der Waals surface area contributed by atoms with Gasteiger partial charge in [-0.1, -0.05) is 18.9 Å². The molecular formula is C14H21N5O. The van der Waals surface area contributed by atoms with Crippen LogP contribution in [0.3, 0.4) is 0 Å². The number of nitrogens with zero attached hydrogens (tertiary/aromatic N) is 3. The minimum absolute atomic E-state index is 0.0606. The van der Waals surface area contributed by atoms with Gasteiger partial charge >= 0.3 is 0 Å². The molecule has 0 bridgehead atoms. The average Bonchev–Trinajstić information content (AvgIpc) is 2.88. The highest BCUT2D eigenvalue weighted by atomic mass is 16.1. The zero-order valence-electron chi connectivity index (χ0n) is 11.6. The fourth-order valence-corrected chi connectivity index (χ4v) is 2.06. The summed E-state index contributed by atoms with van der Waals surface area (Å²) in [7, 11) is 0. The minimum atomic E-state index is 0.0606. The van der Waals surface area contributed by atoms with Gasteiger partial charge in [0, 0.05) is 12.6 Å². The number of fused-ring (bicyclic) bond motifs is 1. The van der Waals surface area contributed by atoms with Crippen LogP contribution in [-0.2, 0) is 11.3 Å². The van der Waals surface area contributed by atoms with Crippen LogP contribution in [0, 0.1) is 0 Å². The number of rotatable bonds is 8. The summed E-state index contributed by atoms with van der Waals surface area (Å²) >= 11 is 0. The first-order valence-electron chi connectivity index (χ1n) is 7.06. The summed E-state index contributed by atoms with van der Waals surface area (Å²) in [5, 5.41) is 11.0. The van der Waals surface area contributed by atoms with E-state index in [1.54, 1.807) is 0 Å². The molecule has 0 radical (unpaired) electrons. The van der Waals surface area contributed by atoms with Crippen LogP contribution in [0.25, 0.3) is 5.65 Å². The minimum Gasteiger partial charge on any atom is -0.349 e. The topological polar surface area (TPSA) is 85.3 Å². The van der Waals surface area contributed by atoms with Gasteiger partial charge < -0.3 is 11.1 Å². The molecule has 3 N–H and O–H groups in total. The number of aromatic nitrogens is 3. The lowest BCUT2D eigenvalue weighted by Gasteiger charge is -2.04. The van der Waals surface area contributed by atoms with E-state index in [1.165, 1.54) is 0 Å². The number of hydrogen-bond acceptors (Lipinski definition) is 4. The van der Waals surface area contributed by atoms with Gasteiger partial charge in [0.2, 0.25) is 5.91 Å². The van der Waals surface area contributed by atoms with E-state index < -0.39 is 0 Å². The number of nitrogens with one attached hydrogen (secondary N) is 1. The van der Waals surface area contributed by atoms with Crippen molar-refractivity contribution in [3.63, 3.8) is 0 Å². The molecule has 0 aliphatic carbocycles. The highest BCUT2D eigenvalue weighted by Gasteiger charge is 2.06. The molecule has 0 saturated carbocycles. The largest absolute Gasteiger partial charge is 0.349 e. The first kappa shape index (κ1) is 14.5. The number of carbonyl (C=O) groups is 1. The summed E-state index contributed by atoms with van der Waals surface area (Å²) in [6.45, 7) is 1.14. The van der Waals surface area contributed by atoms with Gasteiger partial charge in [-0.15, -0.1) is 10.2 Å². The monoisotopic (exact) mass is 275 g/mol. The third-order valence-corrected chi connectivity index (χ3v) is 3.19. The van der Waals surface area contributed by atoms with Crippen LogP contribution in [0.1, 0.15) is 37.9 Å². The average molecular weight is 275 g/mol. The van der Waals surface area contributed by atoms with Crippen molar-refractivity contribution in [1.82, 2.24) is 19.9 Å². The summed E-state index contributed by atoms with van der Waals surface area (Å²) in [5.74, 6) is 0.808. The molecule has 0 fully saturated rings. The lowest BCUT2D eigenvalue weighted by Crippen LogP contribution is -2.23. The number of pyridine rings is 1. The van der Waals surface area contributed by atoms with Gasteiger partial charge in [-0.2, -0.15) is 0 Å². The van der Waals surface area contributed by atoms with E-state index in [4.69, 9.17) is 5.73 Å². The summed E-state index contributed by atoms with van der Waals surface area (Å²) in [6.07, 6.45) is 6.54. The van der Waals surface area contributed by atoms with Crippen LogP contribution in [0.5, 0.6) is 0 Å². The molecule has 0 aliphatic heterocycles. The Morgan fingerprint density at radius 1 is 1.20 bits per heavy atom. The number of hydrogen-bond donors (Lipinski definition) is 2. The molecule has 1 amide bonds. The van der Waals surface area contributed by atoms with Crippen molar-refractivity contribution in [3.8, 4) is 0 Å². The van der Waals surface area contributed by atoms with Gasteiger partial charge in [0.25, 0.3) is 0 Å². The van der Waals surface area contributed by atoms with Crippen LogP contribution >= 0.6 is 0 Å². The molecular weight excluding hydrogens is 254 g/mol. The Balaban J connectivity index is 1.73. The maximum absolute atomic E-state index is 11.7. The van der Waals surface area contributed by atoms with Gasteiger partial charge in [0.1, 0.15) is 0 Å². The smallest absolute Gasteiger partial charge is 0.220 e. The van der Waals surface area contributed by atoms with Crippen LogP contribution < -0.4 is 11.1 Å². The third-order valence-electron chi connectivity index (χ3n) is 3.19. The van der Waals surface area contributed by atoms with Gasteiger partial charge in [-0.25, -0.2) is 0 Å². The predicted molar refractivity (Wildman–Crippen MR) is 77.0 cm³/mol. The van der Waals surface area contributed by atoms with E-state index in [-0.39, 0.29) is 5.91 Å². The molecule has 6 heteroatoms. The summed E-state index contributed by atoms with van der Waals surface area (Å²) < 4.78 is 1.88. The summed E-state index contributed by atoms with van der Waals surface area (Å²) in [6, 6.07) is 5.71. The second kappa shape index (κ2) is 7.59. The molecule has 0 aliphatic rings. The Bertz CT molecular complexity index is 551. The van der Waals surface area contributed by atoms with Crippen LogP contribution in [-0.4, -0.2) is 27.0 Å². The molecule has 20 heavy (non-hydrogen) atoms. The molecule has 2 rings (SSSR count). The highest BCUT2D eigenvalue weighted by Crippen LogP contribution is 2.04. The van der Waals surface area contributed by atoms with Gasteiger partial charge in [-0.05, 0) is 31.5 Å². The van der Waals surface area contributed by atoms with Crippen molar-refractivity contribution in [3.05, 3.63) is 30.2 Å². The van der Waals surface area contributed by atoms with Crippen molar-refractivity contribution < 1.29 is 4.79 Å². The molecule has 0 saturated heterocycles. The maximum atomic E-state index is 11.7. The fourth-order valence-electron chi connectivity index (χ4n) is 2.06. The van der Waals surface area contributed by atoms with E-state index in [1.807, 2.05) is 28.8 Å². The Labute approximate surface area is 118 Å². The Kier molecular flexibility index (Phi) is 5.49. The van der Waals surface area contributed by atoms with Crippen LogP contribution in [0.2, 0.25) is 0 Å². The Hall–Kier alpha value is -1.95. The normalized spacial score (nSPS) is 10.8.